The first kappa shape index (κ1) is 12.7. The Balaban J connectivity index is 3.12. The molecule has 3 nitrogen and oxygen atoms in total. The van der Waals surface area contributed by atoms with E-state index in [1.807, 2.05) is 13.0 Å². The molecule has 0 unspecified atom stereocenters. The summed E-state index contributed by atoms with van der Waals surface area (Å²) in [5, 5.41) is 19.3. The van der Waals surface area contributed by atoms with Gasteiger partial charge in [-0.3, -0.25) is 4.79 Å². The molecule has 88 valence electrons. The van der Waals surface area contributed by atoms with E-state index >= 15 is 0 Å². The van der Waals surface area contributed by atoms with Gasteiger partial charge in [-0.25, -0.2) is 0 Å². The molecule has 16 heavy (non-hydrogen) atoms. The summed E-state index contributed by atoms with van der Waals surface area (Å²) in [7, 11) is 0. The number of carboxylic acid groups (broad SMARTS) is 1. The first-order valence-corrected chi connectivity index (χ1v) is 5.50. The summed E-state index contributed by atoms with van der Waals surface area (Å²) in [6.07, 6.45) is 0.381. The fourth-order valence-corrected chi connectivity index (χ4v) is 1.80. The van der Waals surface area contributed by atoms with Crippen molar-refractivity contribution in [2.75, 3.05) is 0 Å². The zero-order chi connectivity index (χ0) is 12.2. The Morgan fingerprint density at radius 3 is 2.38 bits per heavy atom. The lowest BCUT2D eigenvalue weighted by Crippen LogP contribution is -2.44. The van der Waals surface area contributed by atoms with Crippen molar-refractivity contribution < 1.29 is 15.0 Å². The maximum Gasteiger partial charge on any atom is 0.316 e. The summed E-state index contributed by atoms with van der Waals surface area (Å²) in [6.45, 7) is 3.50. The number of rotatable bonds is 5. The van der Waals surface area contributed by atoms with E-state index < -0.39 is 17.5 Å². The molecule has 0 aliphatic carbocycles. The Labute approximate surface area is 95.7 Å². The summed E-state index contributed by atoms with van der Waals surface area (Å²) in [5.74, 6) is -0.986. The van der Waals surface area contributed by atoms with Crippen LogP contribution in [0.15, 0.2) is 30.3 Å². The van der Waals surface area contributed by atoms with Gasteiger partial charge in [-0.2, -0.15) is 0 Å². The van der Waals surface area contributed by atoms with Gasteiger partial charge >= 0.3 is 5.97 Å². The van der Waals surface area contributed by atoms with Gasteiger partial charge in [0.25, 0.3) is 0 Å². The van der Waals surface area contributed by atoms with Crippen molar-refractivity contribution in [3.05, 3.63) is 35.9 Å². The summed E-state index contributed by atoms with van der Waals surface area (Å²) in [6, 6.07) is 8.89. The third-order valence-corrected chi connectivity index (χ3v) is 3.05. The molecule has 1 aromatic rings. The standard InChI is InChI=1S/C13H18O3/c1-3-7-11(14)13(2,12(15)16)10-8-5-4-6-9-10/h4-6,8-9,11,14H,3,7H2,1-2H3,(H,15,16)/t11-,13+/m1/s1. The Bertz CT molecular complexity index is 347. The zero-order valence-corrected chi connectivity index (χ0v) is 9.68. The maximum absolute atomic E-state index is 11.4. The Kier molecular flexibility index (Phi) is 4.07. The summed E-state index contributed by atoms with van der Waals surface area (Å²) in [4.78, 5) is 11.4. The van der Waals surface area contributed by atoms with Gasteiger partial charge in [0.2, 0.25) is 0 Å². The predicted octanol–water partition coefficient (Wildman–Crippen LogP) is 2.19. The van der Waals surface area contributed by atoms with Crippen molar-refractivity contribution in [3.8, 4) is 0 Å². The van der Waals surface area contributed by atoms with Crippen LogP contribution in [0.1, 0.15) is 32.3 Å². The molecule has 3 heteroatoms. The van der Waals surface area contributed by atoms with E-state index in [9.17, 15) is 15.0 Å². The average Bonchev–Trinajstić information content (AvgIpc) is 2.29. The first-order valence-electron chi connectivity index (χ1n) is 5.50. The Morgan fingerprint density at radius 1 is 1.38 bits per heavy atom. The summed E-state index contributed by atoms with van der Waals surface area (Å²) < 4.78 is 0. The number of aliphatic hydroxyl groups excluding tert-OH is 1. The van der Waals surface area contributed by atoms with Crippen molar-refractivity contribution in [3.63, 3.8) is 0 Å². The van der Waals surface area contributed by atoms with Crippen molar-refractivity contribution in [2.24, 2.45) is 0 Å². The van der Waals surface area contributed by atoms with Crippen molar-refractivity contribution in [1.29, 1.82) is 0 Å². The van der Waals surface area contributed by atoms with Crippen molar-refractivity contribution in [1.82, 2.24) is 0 Å². The van der Waals surface area contributed by atoms with Crippen molar-refractivity contribution >= 4 is 5.97 Å². The van der Waals surface area contributed by atoms with Crippen LogP contribution in [-0.2, 0) is 10.2 Å². The Morgan fingerprint density at radius 2 is 1.94 bits per heavy atom. The number of benzene rings is 1. The topological polar surface area (TPSA) is 57.5 Å². The number of aliphatic hydroxyl groups is 1. The predicted molar refractivity (Wildman–Crippen MR) is 62.3 cm³/mol. The van der Waals surface area contributed by atoms with E-state index in [0.29, 0.717) is 12.0 Å². The molecule has 2 atom stereocenters. The molecule has 2 N–H and O–H groups in total. The number of hydrogen-bond acceptors (Lipinski definition) is 2. The summed E-state index contributed by atoms with van der Waals surface area (Å²) in [5.41, 5.74) is -0.583. The highest BCUT2D eigenvalue weighted by molar-refractivity contribution is 5.81. The molecule has 0 heterocycles. The molecular weight excluding hydrogens is 204 g/mol. The second-order valence-corrected chi connectivity index (χ2v) is 4.18. The lowest BCUT2D eigenvalue weighted by Gasteiger charge is -2.30. The number of aliphatic carboxylic acids is 1. The molecule has 1 aromatic carbocycles. The van der Waals surface area contributed by atoms with E-state index in [0.717, 1.165) is 6.42 Å². The monoisotopic (exact) mass is 222 g/mol. The lowest BCUT2D eigenvalue weighted by molar-refractivity contribution is -0.148. The molecule has 0 saturated carbocycles. The molecule has 0 radical (unpaired) electrons. The molecule has 1 rings (SSSR count). The quantitative estimate of drug-likeness (QED) is 0.803. The molecule has 0 aliphatic rings. The first-order chi connectivity index (χ1) is 7.53. The fourth-order valence-electron chi connectivity index (χ4n) is 1.80. The van der Waals surface area contributed by atoms with Gasteiger partial charge in [-0.15, -0.1) is 0 Å². The van der Waals surface area contributed by atoms with Crippen molar-refractivity contribution in [2.45, 2.75) is 38.2 Å². The van der Waals surface area contributed by atoms with Crippen LogP contribution in [0.3, 0.4) is 0 Å². The second kappa shape index (κ2) is 5.12. The van der Waals surface area contributed by atoms with Gasteiger partial charge < -0.3 is 10.2 Å². The van der Waals surface area contributed by atoms with E-state index in [1.165, 1.54) is 0 Å². The zero-order valence-electron chi connectivity index (χ0n) is 9.68. The largest absolute Gasteiger partial charge is 0.481 e. The van der Waals surface area contributed by atoms with E-state index in [1.54, 1.807) is 31.2 Å². The lowest BCUT2D eigenvalue weighted by atomic mass is 9.76. The third-order valence-electron chi connectivity index (χ3n) is 3.05. The van der Waals surface area contributed by atoms with Gasteiger partial charge in [0.05, 0.1) is 6.10 Å². The van der Waals surface area contributed by atoms with E-state index in [2.05, 4.69) is 0 Å². The third kappa shape index (κ3) is 2.25. The number of carbonyl (C=O) groups is 1. The number of carboxylic acids is 1. The normalized spacial score (nSPS) is 16.4. The summed E-state index contributed by atoms with van der Waals surface area (Å²) >= 11 is 0. The van der Waals surface area contributed by atoms with Gasteiger partial charge in [0, 0.05) is 0 Å². The van der Waals surface area contributed by atoms with Gasteiger partial charge in [0.1, 0.15) is 5.41 Å². The fraction of sp³-hybridized carbons (Fsp3) is 0.462. The molecule has 0 saturated heterocycles. The molecule has 0 bridgehead atoms. The molecule has 0 aromatic heterocycles. The van der Waals surface area contributed by atoms with Crippen LogP contribution in [0.25, 0.3) is 0 Å². The molecular formula is C13H18O3. The second-order valence-electron chi connectivity index (χ2n) is 4.18. The maximum atomic E-state index is 11.4. The van der Waals surface area contributed by atoms with Crippen LogP contribution in [0.5, 0.6) is 0 Å². The van der Waals surface area contributed by atoms with E-state index in [4.69, 9.17) is 0 Å². The average molecular weight is 222 g/mol. The highest BCUT2D eigenvalue weighted by atomic mass is 16.4. The van der Waals surface area contributed by atoms with Crippen LogP contribution < -0.4 is 0 Å². The SMILES string of the molecule is CCC[C@@H](O)[C@@](C)(C(=O)O)c1ccccc1. The highest BCUT2D eigenvalue weighted by Gasteiger charge is 2.41. The minimum absolute atomic E-state index is 0.484. The smallest absolute Gasteiger partial charge is 0.316 e. The molecule has 0 amide bonds. The van der Waals surface area contributed by atoms with Gasteiger partial charge in [-0.05, 0) is 18.9 Å². The molecule has 0 spiro atoms. The molecule has 0 aliphatic heterocycles. The van der Waals surface area contributed by atoms with Crippen LogP contribution in [-0.4, -0.2) is 22.3 Å². The minimum Gasteiger partial charge on any atom is -0.481 e. The van der Waals surface area contributed by atoms with Crippen LogP contribution in [0, 0.1) is 0 Å². The highest BCUT2D eigenvalue weighted by Crippen LogP contribution is 2.30. The molecule has 0 fully saturated rings. The van der Waals surface area contributed by atoms with Crippen LogP contribution in [0.4, 0.5) is 0 Å². The van der Waals surface area contributed by atoms with Crippen LogP contribution in [0.2, 0.25) is 0 Å². The van der Waals surface area contributed by atoms with E-state index in [-0.39, 0.29) is 0 Å². The van der Waals surface area contributed by atoms with Crippen LogP contribution >= 0.6 is 0 Å². The Hall–Kier alpha value is -1.35. The van der Waals surface area contributed by atoms with Gasteiger partial charge in [-0.1, -0.05) is 43.7 Å². The van der Waals surface area contributed by atoms with Gasteiger partial charge in [0.15, 0.2) is 0 Å². The minimum atomic E-state index is -1.22. The number of hydrogen-bond donors (Lipinski definition) is 2.